The maximum Gasteiger partial charge on any atom is 0.252 e. The lowest BCUT2D eigenvalue weighted by molar-refractivity contribution is -0.0242. The normalized spacial score (nSPS) is 19.0. The fraction of sp³-hybridized carbons (Fsp3) is 0.556. The SMILES string of the molecule is CN(C)Cc1nnc(C(O)(c2ccccc2)C2CCCCC2)o1. The van der Waals surface area contributed by atoms with Crippen molar-refractivity contribution in [3.63, 3.8) is 0 Å². The molecule has 2 aromatic rings. The highest BCUT2D eigenvalue weighted by atomic mass is 16.4. The van der Waals surface area contributed by atoms with Crippen LogP contribution in [0.1, 0.15) is 49.4 Å². The molecule has 5 heteroatoms. The lowest BCUT2D eigenvalue weighted by Crippen LogP contribution is -2.38. The summed E-state index contributed by atoms with van der Waals surface area (Å²) in [5.74, 6) is 0.980. The van der Waals surface area contributed by atoms with Crippen molar-refractivity contribution in [3.8, 4) is 0 Å². The van der Waals surface area contributed by atoms with Crippen molar-refractivity contribution >= 4 is 0 Å². The minimum Gasteiger partial charge on any atom is -0.420 e. The van der Waals surface area contributed by atoms with E-state index in [1.54, 1.807) is 0 Å². The summed E-state index contributed by atoms with van der Waals surface area (Å²) in [5, 5.41) is 19.9. The van der Waals surface area contributed by atoms with E-state index >= 15 is 0 Å². The van der Waals surface area contributed by atoms with Crippen LogP contribution in [0, 0.1) is 5.92 Å². The molecule has 1 unspecified atom stereocenters. The van der Waals surface area contributed by atoms with E-state index in [1.807, 2.05) is 49.3 Å². The summed E-state index contributed by atoms with van der Waals surface area (Å²) in [4.78, 5) is 1.97. The van der Waals surface area contributed by atoms with Crippen molar-refractivity contribution in [3.05, 3.63) is 47.7 Å². The lowest BCUT2D eigenvalue weighted by atomic mass is 9.73. The van der Waals surface area contributed by atoms with Crippen LogP contribution in [0.2, 0.25) is 0 Å². The van der Waals surface area contributed by atoms with Crippen molar-refractivity contribution in [2.75, 3.05) is 14.1 Å². The molecule has 5 nitrogen and oxygen atoms in total. The van der Waals surface area contributed by atoms with Crippen LogP contribution in [0.3, 0.4) is 0 Å². The summed E-state index contributed by atoms with van der Waals surface area (Å²) in [7, 11) is 3.91. The van der Waals surface area contributed by atoms with Crippen molar-refractivity contribution in [2.24, 2.45) is 5.92 Å². The Morgan fingerprint density at radius 2 is 1.83 bits per heavy atom. The molecule has 1 aliphatic carbocycles. The standard InChI is InChI=1S/C18H25N3O2/c1-21(2)13-16-19-20-17(23-16)18(22,14-9-5-3-6-10-14)15-11-7-4-8-12-15/h3,5-6,9-10,15,22H,4,7-8,11-13H2,1-2H3. The lowest BCUT2D eigenvalue weighted by Gasteiger charge is -2.36. The summed E-state index contributed by atoms with van der Waals surface area (Å²) >= 11 is 0. The van der Waals surface area contributed by atoms with E-state index in [-0.39, 0.29) is 5.92 Å². The van der Waals surface area contributed by atoms with E-state index in [4.69, 9.17) is 4.42 Å². The average Bonchev–Trinajstić information content (AvgIpc) is 3.04. The molecule has 1 heterocycles. The third kappa shape index (κ3) is 3.31. The number of aromatic nitrogens is 2. The first-order valence-corrected chi connectivity index (χ1v) is 8.36. The largest absolute Gasteiger partial charge is 0.420 e. The molecule has 1 saturated carbocycles. The van der Waals surface area contributed by atoms with Gasteiger partial charge in [-0.05, 0) is 32.5 Å². The van der Waals surface area contributed by atoms with Crippen LogP contribution < -0.4 is 0 Å². The Balaban J connectivity index is 1.99. The van der Waals surface area contributed by atoms with Gasteiger partial charge in [-0.15, -0.1) is 10.2 Å². The summed E-state index contributed by atoms with van der Waals surface area (Å²) in [6.45, 7) is 0.572. The summed E-state index contributed by atoms with van der Waals surface area (Å²) in [5.41, 5.74) is -0.355. The molecule has 0 spiro atoms. The highest BCUT2D eigenvalue weighted by molar-refractivity contribution is 5.29. The maximum atomic E-state index is 11.6. The molecule has 124 valence electrons. The second kappa shape index (κ2) is 6.81. The second-order valence-corrected chi connectivity index (χ2v) is 6.71. The highest BCUT2D eigenvalue weighted by Crippen LogP contribution is 2.43. The first-order chi connectivity index (χ1) is 11.1. The number of benzene rings is 1. The molecule has 0 aliphatic heterocycles. The van der Waals surface area contributed by atoms with Crippen LogP contribution in [0.5, 0.6) is 0 Å². The summed E-state index contributed by atoms with van der Waals surface area (Å²) in [6.07, 6.45) is 5.47. The van der Waals surface area contributed by atoms with Crippen LogP contribution in [0.4, 0.5) is 0 Å². The van der Waals surface area contributed by atoms with E-state index in [1.165, 1.54) is 6.42 Å². The van der Waals surface area contributed by atoms with Gasteiger partial charge in [0.15, 0.2) is 5.60 Å². The molecule has 1 aromatic heterocycles. The molecule has 23 heavy (non-hydrogen) atoms. The Bertz CT molecular complexity index is 620. The third-order valence-electron chi connectivity index (χ3n) is 4.65. The van der Waals surface area contributed by atoms with Gasteiger partial charge in [-0.1, -0.05) is 49.6 Å². The van der Waals surface area contributed by atoms with E-state index in [0.717, 1.165) is 31.2 Å². The third-order valence-corrected chi connectivity index (χ3v) is 4.65. The van der Waals surface area contributed by atoms with E-state index in [0.29, 0.717) is 18.3 Å². The smallest absolute Gasteiger partial charge is 0.252 e. The van der Waals surface area contributed by atoms with Crippen molar-refractivity contribution in [2.45, 2.75) is 44.2 Å². The molecule has 1 aliphatic rings. The van der Waals surface area contributed by atoms with Gasteiger partial charge in [0.05, 0.1) is 6.54 Å². The number of rotatable bonds is 5. The average molecular weight is 315 g/mol. The minimum atomic E-state index is -1.20. The monoisotopic (exact) mass is 315 g/mol. The van der Waals surface area contributed by atoms with E-state index < -0.39 is 5.60 Å². The molecule has 0 amide bonds. The zero-order chi connectivity index (χ0) is 16.3. The van der Waals surface area contributed by atoms with Crippen molar-refractivity contribution < 1.29 is 9.52 Å². The maximum absolute atomic E-state index is 11.6. The van der Waals surface area contributed by atoms with Crippen LogP contribution in [0.25, 0.3) is 0 Å². The molecule has 1 atom stereocenters. The van der Waals surface area contributed by atoms with Gasteiger partial charge in [0, 0.05) is 5.92 Å². The second-order valence-electron chi connectivity index (χ2n) is 6.71. The number of aliphatic hydroxyl groups is 1. The van der Waals surface area contributed by atoms with Gasteiger partial charge in [-0.25, -0.2) is 0 Å². The first kappa shape index (κ1) is 16.1. The quantitative estimate of drug-likeness (QED) is 0.919. The van der Waals surface area contributed by atoms with Crippen LogP contribution in [-0.4, -0.2) is 34.3 Å². The Hall–Kier alpha value is -1.72. The molecule has 1 N–H and O–H groups in total. The van der Waals surface area contributed by atoms with Crippen LogP contribution in [-0.2, 0) is 12.1 Å². The van der Waals surface area contributed by atoms with Crippen molar-refractivity contribution in [1.82, 2.24) is 15.1 Å². The molecule has 3 rings (SSSR count). The predicted molar refractivity (Wildman–Crippen MR) is 87.7 cm³/mol. The van der Waals surface area contributed by atoms with Gasteiger partial charge in [0.25, 0.3) is 5.89 Å². The highest BCUT2D eigenvalue weighted by Gasteiger charge is 2.45. The van der Waals surface area contributed by atoms with Crippen molar-refractivity contribution in [1.29, 1.82) is 0 Å². The number of nitrogens with zero attached hydrogens (tertiary/aromatic N) is 3. The summed E-state index contributed by atoms with van der Waals surface area (Å²) < 4.78 is 5.85. The van der Waals surface area contributed by atoms with Gasteiger partial charge in [0.2, 0.25) is 5.89 Å². The zero-order valence-electron chi connectivity index (χ0n) is 13.9. The van der Waals surface area contributed by atoms with Crippen LogP contribution >= 0.6 is 0 Å². The molecule has 1 aromatic carbocycles. The fourth-order valence-electron chi connectivity index (χ4n) is 3.49. The number of hydrogen-bond donors (Lipinski definition) is 1. The topological polar surface area (TPSA) is 62.4 Å². The van der Waals surface area contributed by atoms with Gasteiger partial charge in [-0.3, -0.25) is 0 Å². The predicted octanol–water partition coefficient (Wildman–Crippen LogP) is 2.95. The molecular weight excluding hydrogens is 290 g/mol. The Kier molecular flexibility index (Phi) is 4.78. The van der Waals surface area contributed by atoms with Gasteiger partial charge in [-0.2, -0.15) is 0 Å². The van der Waals surface area contributed by atoms with Gasteiger partial charge >= 0.3 is 0 Å². The summed E-state index contributed by atoms with van der Waals surface area (Å²) in [6, 6.07) is 9.74. The zero-order valence-corrected chi connectivity index (χ0v) is 13.9. The van der Waals surface area contributed by atoms with E-state index in [2.05, 4.69) is 10.2 Å². The Labute approximate surface area is 137 Å². The fourth-order valence-corrected chi connectivity index (χ4v) is 3.49. The molecule has 1 fully saturated rings. The van der Waals surface area contributed by atoms with Gasteiger partial charge < -0.3 is 14.4 Å². The van der Waals surface area contributed by atoms with Crippen LogP contribution in [0.15, 0.2) is 34.7 Å². The molecule has 0 saturated heterocycles. The van der Waals surface area contributed by atoms with Gasteiger partial charge in [0.1, 0.15) is 0 Å². The first-order valence-electron chi connectivity index (χ1n) is 8.36. The number of hydrogen-bond acceptors (Lipinski definition) is 5. The molecule has 0 bridgehead atoms. The van der Waals surface area contributed by atoms with E-state index in [9.17, 15) is 5.11 Å². The molecular formula is C18H25N3O2. The molecule has 0 radical (unpaired) electrons. The Morgan fingerprint density at radius 3 is 2.48 bits per heavy atom. The minimum absolute atomic E-state index is 0.117. The Morgan fingerprint density at radius 1 is 1.13 bits per heavy atom.